The number of nitrogens with zero attached hydrogens (tertiary/aromatic N) is 3. The summed E-state index contributed by atoms with van der Waals surface area (Å²) in [7, 11) is 0. The smallest absolute Gasteiger partial charge is 0.407 e. The van der Waals surface area contributed by atoms with Crippen LogP contribution in [0.1, 0.15) is 22.8 Å². The number of aldehydes is 1. The lowest BCUT2D eigenvalue weighted by Crippen LogP contribution is -2.54. The number of carboxylic acid groups (broad SMARTS) is 1. The van der Waals surface area contributed by atoms with Crippen LogP contribution in [0.25, 0.3) is 0 Å². The lowest BCUT2D eigenvalue weighted by atomic mass is 10.1. The quantitative estimate of drug-likeness (QED) is 0.816. The van der Waals surface area contributed by atoms with Crippen molar-refractivity contribution in [1.29, 1.82) is 0 Å². The van der Waals surface area contributed by atoms with Crippen molar-refractivity contribution in [2.45, 2.75) is 19.9 Å². The largest absolute Gasteiger partial charge is 0.465 e. The second-order valence-electron chi connectivity index (χ2n) is 4.80. The summed E-state index contributed by atoms with van der Waals surface area (Å²) in [5.41, 5.74) is 1.49. The van der Waals surface area contributed by atoms with Gasteiger partial charge in [-0.15, -0.1) is 0 Å². The van der Waals surface area contributed by atoms with E-state index in [4.69, 9.17) is 5.11 Å². The number of hydrogen-bond acceptors (Lipinski definition) is 4. The van der Waals surface area contributed by atoms with E-state index in [0.717, 1.165) is 17.7 Å². The van der Waals surface area contributed by atoms with Crippen LogP contribution in [0.15, 0.2) is 12.3 Å². The molecule has 102 valence electrons. The van der Waals surface area contributed by atoms with Crippen LogP contribution in [0.3, 0.4) is 0 Å². The van der Waals surface area contributed by atoms with E-state index in [-0.39, 0.29) is 6.04 Å². The monoisotopic (exact) mass is 263 g/mol. The maximum Gasteiger partial charge on any atom is 0.407 e. The van der Waals surface area contributed by atoms with Gasteiger partial charge in [0, 0.05) is 37.4 Å². The Morgan fingerprint density at radius 3 is 2.79 bits per heavy atom. The number of piperazine rings is 1. The van der Waals surface area contributed by atoms with Crippen LogP contribution in [-0.4, -0.2) is 53.0 Å². The number of amides is 1. The van der Waals surface area contributed by atoms with Crippen molar-refractivity contribution in [2.24, 2.45) is 0 Å². The van der Waals surface area contributed by atoms with E-state index in [0.29, 0.717) is 25.2 Å². The number of carbonyl (C=O) groups excluding carboxylic acids is 1. The summed E-state index contributed by atoms with van der Waals surface area (Å²) in [5.74, 6) is 0.822. The van der Waals surface area contributed by atoms with E-state index >= 15 is 0 Å². The zero-order valence-corrected chi connectivity index (χ0v) is 11.0. The molecular weight excluding hydrogens is 246 g/mol. The molecule has 1 aliphatic heterocycles. The minimum atomic E-state index is -0.881. The van der Waals surface area contributed by atoms with E-state index in [1.807, 2.05) is 13.8 Å². The maximum atomic E-state index is 11.0. The summed E-state index contributed by atoms with van der Waals surface area (Å²) in [6.07, 6.45) is 1.44. The Kier molecular flexibility index (Phi) is 3.69. The Balaban J connectivity index is 2.16. The van der Waals surface area contributed by atoms with Crippen molar-refractivity contribution in [3.8, 4) is 0 Å². The van der Waals surface area contributed by atoms with Crippen LogP contribution < -0.4 is 4.90 Å². The topological polar surface area (TPSA) is 73.7 Å². The van der Waals surface area contributed by atoms with E-state index < -0.39 is 6.09 Å². The highest BCUT2D eigenvalue weighted by Gasteiger charge is 2.28. The standard InChI is InChI=1S/C13H17N3O3/c1-9-5-11(8-17)6-14-12(9)15-3-4-16(13(18)19)10(2)7-15/h5-6,8,10H,3-4,7H2,1-2H3,(H,18,19)/t10-/m0/s1. The molecule has 1 aromatic heterocycles. The molecule has 19 heavy (non-hydrogen) atoms. The highest BCUT2D eigenvalue weighted by Crippen LogP contribution is 2.21. The van der Waals surface area contributed by atoms with Crippen molar-refractivity contribution >= 4 is 18.2 Å². The fourth-order valence-electron chi connectivity index (χ4n) is 2.42. The lowest BCUT2D eigenvalue weighted by Gasteiger charge is -2.39. The van der Waals surface area contributed by atoms with Crippen LogP contribution >= 0.6 is 0 Å². The first-order valence-corrected chi connectivity index (χ1v) is 6.19. The molecule has 0 unspecified atom stereocenters. The first kappa shape index (κ1) is 13.3. The Morgan fingerprint density at radius 1 is 1.53 bits per heavy atom. The zero-order valence-electron chi connectivity index (χ0n) is 11.0. The molecule has 2 heterocycles. The van der Waals surface area contributed by atoms with E-state index in [1.54, 1.807) is 12.3 Å². The predicted molar refractivity (Wildman–Crippen MR) is 70.8 cm³/mol. The van der Waals surface area contributed by atoms with Gasteiger partial charge in [0.2, 0.25) is 0 Å². The number of carbonyl (C=O) groups is 2. The molecule has 1 amide bonds. The van der Waals surface area contributed by atoms with Crippen LogP contribution in [0.4, 0.5) is 10.6 Å². The average Bonchev–Trinajstić information content (AvgIpc) is 2.37. The molecule has 6 heteroatoms. The minimum Gasteiger partial charge on any atom is -0.465 e. The first-order valence-electron chi connectivity index (χ1n) is 6.19. The van der Waals surface area contributed by atoms with E-state index in [1.165, 1.54) is 4.90 Å². The zero-order chi connectivity index (χ0) is 14.0. The fourth-order valence-corrected chi connectivity index (χ4v) is 2.42. The SMILES string of the molecule is Cc1cc(C=O)cnc1N1CCN(C(=O)O)[C@@H](C)C1. The Bertz CT molecular complexity index is 504. The van der Waals surface area contributed by atoms with Crippen LogP contribution in [0.5, 0.6) is 0 Å². The van der Waals surface area contributed by atoms with Gasteiger partial charge in [0.05, 0.1) is 0 Å². The molecule has 0 bridgehead atoms. The number of aryl methyl sites for hydroxylation is 1. The number of rotatable bonds is 2. The molecule has 0 aliphatic carbocycles. The van der Waals surface area contributed by atoms with E-state index in [2.05, 4.69) is 9.88 Å². The van der Waals surface area contributed by atoms with Crippen LogP contribution in [-0.2, 0) is 0 Å². The third kappa shape index (κ3) is 2.67. The molecule has 0 radical (unpaired) electrons. The number of aromatic nitrogens is 1. The molecule has 1 fully saturated rings. The van der Waals surface area contributed by atoms with Gasteiger partial charge in [-0.3, -0.25) is 4.79 Å². The van der Waals surface area contributed by atoms with Gasteiger partial charge in [-0.25, -0.2) is 9.78 Å². The summed E-state index contributed by atoms with van der Waals surface area (Å²) in [4.78, 5) is 29.5. The second-order valence-corrected chi connectivity index (χ2v) is 4.80. The molecule has 1 aliphatic rings. The van der Waals surface area contributed by atoms with Crippen molar-refractivity contribution in [3.05, 3.63) is 23.4 Å². The van der Waals surface area contributed by atoms with Crippen LogP contribution in [0, 0.1) is 6.92 Å². The summed E-state index contributed by atoms with van der Waals surface area (Å²) in [5, 5.41) is 9.04. The number of anilines is 1. The van der Waals surface area contributed by atoms with Crippen molar-refractivity contribution in [2.75, 3.05) is 24.5 Å². The summed E-state index contributed by atoms with van der Waals surface area (Å²) in [6.45, 7) is 5.48. The molecule has 1 atom stereocenters. The Labute approximate surface area is 111 Å². The highest BCUT2D eigenvalue weighted by atomic mass is 16.4. The Morgan fingerprint density at radius 2 is 2.26 bits per heavy atom. The van der Waals surface area contributed by atoms with Gasteiger partial charge >= 0.3 is 6.09 Å². The van der Waals surface area contributed by atoms with Crippen molar-refractivity contribution in [1.82, 2.24) is 9.88 Å². The predicted octanol–water partition coefficient (Wildman–Crippen LogP) is 1.39. The fraction of sp³-hybridized carbons (Fsp3) is 0.462. The van der Waals surface area contributed by atoms with Crippen molar-refractivity contribution < 1.29 is 14.7 Å². The molecule has 0 saturated carbocycles. The van der Waals surface area contributed by atoms with Gasteiger partial charge in [0.1, 0.15) is 5.82 Å². The van der Waals surface area contributed by atoms with E-state index in [9.17, 15) is 9.59 Å². The second kappa shape index (κ2) is 5.26. The van der Waals surface area contributed by atoms with Crippen LogP contribution in [0.2, 0.25) is 0 Å². The average molecular weight is 263 g/mol. The third-order valence-corrected chi connectivity index (χ3v) is 3.38. The molecular formula is C13H17N3O3. The highest BCUT2D eigenvalue weighted by molar-refractivity contribution is 5.75. The molecule has 1 saturated heterocycles. The third-order valence-electron chi connectivity index (χ3n) is 3.38. The molecule has 0 spiro atoms. The molecule has 1 aromatic rings. The summed E-state index contributed by atoms with van der Waals surface area (Å²) < 4.78 is 0. The van der Waals surface area contributed by atoms with Gasteiger partial charge in [0.15, 0.2) is 6.29 Å². The molecule has 1 N–H and O–H groups in total. The summed E-state index contributed by atoms with van der Waals surface area (Å²) >= 11 is 0. The molecule has 6 nitrogen and oxygen atoms in total. The van der Waals surface area contributed by atoms with Crippen molar-refractivity contribution in [3.63, 3.8) is 0 Å². The molecule has 2 rings (SSSR count). The number of pyridine rings is 1. The van der Waals surface area contributed by atoms with Gasteiger partial charge in [-0.1, -0.05) is 0 Å². The molecule has 0 aromatic carbocycles. The lowest BCUT2D eigenvalue weighted by molar-refractivity contribution is 0.112. The maximum absolute atomic E-state index is 11.0. The Hall–Kier alpha value is -2.11. The van der Waals surface area contributed by atoms with Gasteiger partial charge in [-0.05, 0) is 25.5 Å². The normalized spacial score (nSPS) is 19.4. The minimum absolute atomic E-state index is 0.0711. The van der Waals surface area contributed by atoms with Gasteiger partial charge in [-0.2, -0.15) is 0 Å². The number of hydrogen-bond donors (Lipinski definition) is 1. The van der Waals surface area contributed by atoms with Gasteiger partial charge < -0.3 is 14.9 Å². The van der Waals surface area contributed by atoms with Gasteiger partial charge in [0.25, 0.3) is 0 Å². The summed E-state index contributed by atoms with van der Waals surface area (Å²) in [6, 6.07) is 1.72. The first-order chi connectivity index (χ1) is 9.02.